The lowest BCUT2D eigenvalue weighted by Gasteiger charge is -2.11. The maximum Gasteiger partial charge on any atom is 0.331 e. The zero-order chi connectivity index (χ0) is 15.4. The molecule has 4 nitrogen and oxygen atoms in total. The van der Waals surface area contributed by atoms with Gasteiger partial charge >= 0.3 is 5.97 Å². The Morgan fingerprint density at radius 3 is 2.52 bits per heavy atom. The smallest absolute Gasteiger partial charge is 0.331 e. The maximum atomic E-state index is 11.7. The van der Waals surface area contributed by atoms with E-state index in [0.29, 0.717) is 15.6 Å². The lowest BCUT2D eigenvalue weighted by molar-refractivity contribution is -0.150. The van der Waals surface area contributed by atoms with Crippen LogP contribution in [0.1, 0.15) is 25.3 Å². The van der Waals surface area contributed by atoms with Crippen LogP contribution in [0.2, 0.25) is 10.0 Å². The molecule has 21 heavy (non-hydrogen) atoms. The molecule has 0 aliphatic heterocycles. The average Bonchev–Trinajstić information content (AvgIpc) is 3.22. The third-order valence-corrected chi connectivity index (χ3v) is 3.63. The number of rotatable bonds is 5. The van der Waals surface area contributed by atoms with Crippen LogP contribution in [0.5, 0.6) is 0 Å². The Morgan fingerprint density at radius 1 is 1.33 bits per heavy atom. The predicted molar refractivity (Wildman–Crippen MR) is 82.2 cm³/mol. The molecule has 0 heterocycles. The molecule has 1 amide bonds. The SMILES string of the molecule is C[C@H](OC(=O)/C=C/c1c(Cl)cccc1Cl)C(=O)NC1CC1. The topological polar surface area (TPSA) is 55.4 Å². The second-order valence-corrected chi connectivity index (χ2v) is 5.65. The van der Waals surface area contributed by atoms with E-state index in [1.165, 1.54) is 19.1 Å². The molecule has 0 spiro atoms. The monoisotopic (exact) mass is 327 g/mol. The van der Waals surface area contributed by atoms with E-state index >= 15 is 0 Å². The quantitative estimate of drug-likeness (QED) is 0.667. The molecular weight excluding hydrogens is 313 g/mol. The van der Waals surface area contributed by atoms with Gasteiger partial charge in [-0.05, 0) is 38.0 Å². The molecule has 0 radical (unpaired) electrons. The minimum absolute atomic E-state index is 0.233. The molecule has 1 aromatic rings. The normalized spacial score (nSPS) is 15.8. The van der Waals surface area contributed by atoms with Crippen molar-refractivity contribution in [1.82, 2.24) is 5.32 Å². The first-order chi connectivity index (χ1) is 9.97. The van der Waals surface area contributed by atoms with Crippen LogP contribution in [0, 0.1) is 0 Å². The van der Waals surface area contributed by atoms with Crippen LogP contribution in [-0.2, 0) is 14.3 Å². The van der Waals surface area contributed by atoms with Crippen molar-refractivity contribution in [2.24, 2.45) is 0 Å². The van der Waals surface area contributed by atoms with Crippen LogP contribution in [0.4, 0.5) is 0 Å². The summed E-state index contributed by atoms with van der Waals surface area (Å²) in [6, 6.07) is 5.29. The largest absolute Gasteiger partial charge is 0.449 e. The van der Waals surface area contributed by atoms with Gasteiger partial charge in [0.05, 0.1) is 0 Å². The zero-order valence-electron chi connectivity index (χ0n) is 11.4. The summed E-state index contributed by atoms with van der Waals surface area (Å²) >= 11 is 12.0. The predicted octanol–water partition coefficient (Wildman–Crippen LogP) is 3.22. The highest BCUT2D eigenvalue weighted by Gasteiger charge is 2.26. The van der Waals surface area contributed by atoms with Gasteiger partial charge in [0.15, 0.2) is 6.10 Å². The van der Waals surface area contributed by atoms with Crippen LogP contribution in [0.3, 0.4) is 0 Å². The summed E-state index contributed by atoms with van der Waals surface area (Å²) in [5.41, 5.74) is 0.535. The van der Waals surface area contributed by atoms with Crippen molar-refractivity contribution in [3.8, 4) is 0 Å². The molecule has 0 bridgehead atoms. The Bertz CT molecular complexity index is 562. The highest BCUT2D eigenvalue weighted by molar-refractivity contribution is 6.37. The first-order valence-corrected chi connectivity index (χ1v) is 7.36. The van der Waals surface area contributed by atoms with Crippen molar-refractivity contribution in [3.63, 3.8) is 0 Å². The molecule has 1 aromatic carbocycles. The van der Waals surface area contributed by atoms with Crippen molar-refractivity contribution in [1.29, 1.82) is 0 Å². The molecule has 1 saturated carbocycles. The molecule has 1 N–H and O–H groups in total. The van der Waals surface area contributed by atoms with E-state index in [0.717, 1.165) is 12.8 Å². The Balaban J connectivity index is 1.91. The summed E-state index contributed by atoms with van der Waals surface area (Å²) in [6.45, 7) is 1.53. The van der Waals surface area contributed by atoms with E-state index in [9.17, 15) is 9.59 Å². The molecule has 1 fully saturated rings. The van der Waals surface area contributed by atoms with Gasteiger partial charge in [0, 0.05) is 27.7 Å². The average molecular weight is 328 g/mol. The van der Waals surface area contributed by atoms with Crippen LogP contribution < -0.4 is 5.32 Å². The molecule has 1 aliphatic rings. The number of esters is 1. The number of nitrogens with one attached hydrogen (secondary N) is 1. The third kappa shape index (κ3) is 4.76. The summed E-state index contributed by atoms with van der Waals surface area (Å²) in [5.74, 6) is -0.903. The minimum Gasteiger partial charge on any atom is -0.449 e. The minimum atomic E-state index is -0.829. The van der Waals surface area contributed by atoms with Crippen molar-refractivity contribution in [3.05, 3.63) is 39.9 Å². The van der Waals surface area contributed by atoms with E-state index in [1.807, 2.05) is 0 Å². The number of hydrogen-bond donors (Lipinski definition) is 1. The number of carbonyl (C=O) groups excluding carboxylic acids is 2. The second-order valence-electron chi connectivity index (χ2n) is 4.83. The molecule has 0 unspecified atom stereocenters. The van der Waals surface area contributed by atoms with E-state index < -0.39 is 12.1 Å². The molecule has 1 atom stereocenters. The Labute approximate surface area is 133 Å². The summed E-state index contributed by atoms with van der Waals surface area (Å²) < 4.78 is 5.02. The van der Waals surface area contributed by atoms with Crippen LogP contribution >= 0.6 is 23.2 Å². The van der Waals surface area contributed by atoms with E-state index in [1.54, 1.807) is 18.2 Å². The molecule has 1 aliphatic carbocycles. The van der Waals surface area contributed by atoms with Gasteiger partial charge < -0.3 is 10.1 Å². The van der Waals surface area contributed by atoms with Gasteiger partial charge in [-0.3, -0.25) is 4.79 Å². The fourth-order valence-corrected chi connectivity index (χ4v) is 2.16. The highest BCUT2D eigenvalue weighted by Crippen LogP contribution is 2.25. The molecule has 0 saturated heterocycles. The fourth-order valence-electron chi connectivity index (χ4n) is 1.63. The number of benzene rings is 1. The molecule has 112 valence electrons. The third-order valence-electron chi connectivity index (χ3n) is 2.97. The summed E-state index contributed by atoms with van der Waals surface area (Å²) in [5, 5.41) is 3.64. The van der Waals surface area contributed by atoms with Crippen molar-refractivity contribution < 1.29 is 14.3 Å². The van der Waals surface area contributed by atoms with Gasteiger partial charge in [0.25, 0.3) is 5.91 Å². The van der Waals surface area contributed by atoms with Crippen molar-refractivity contribution in [2.75, 3.05) is 0 Å². The van der Waals surface area contributed by atoms with E-state index in [2.05, 4.69) is 5.32 Å². The Hall–Kier alpha value is -1.52. The van der Waals surface area contributed by atoms with Crippen molar-refractivity contribution >= 4 is 41.2 Å². The van der Waals surface area contributed by atoms with Gasteiger partial charge in [-0.1, -0.05) is 29.3 Å². The first kappa shape index (κ1) is 15.9. The molecule has 6 heteroatoms. The summed E-state index contributed by atoms with van der Waals surface area (Å²) in [4.78, 5) is 23.3. The van der Waals surface area contributed by atoms with Gasteiger partial charge in [-0.25, -0.2) is 4.79 Å². The van der Waals surface area contributed by atoms with Crippen molar-refractivity contribution in [2.45, 2.75) is 31.9 Å². The number of halogens is 2. The van der Waals surface area contributed by atoms with E-state index in [4.69, 9.17) is 27.9 Å². The zero-order valence-corrected chi connectivity index (χ0v) is 12.9. The molecule has 2 rings (SSSR count). The van der Waals surface area contributed by atoms with Gasteiger partial charge in [-0.2, -0.15) is 0 Å². The summed E-state index contributed by atoms with van der Waals surface area (Å²) in [7, 11) is 0. The van der Waals surface area contributed by atoms with Gasteiger partial charge in [0.1, 0.15) is 0 Å². The highest BCUT2D eigenvalue weighted by atomic mass is 35.5. The maximum absolute atomic E-state index is 11.7. The Kier molecular flexibility index (Phi) is 5.26. The number of amides is 1. The van der Waals surface area contributed by atoms with Crippen LogP contribution in [0.15, 0.2) is 24.3 Å². The number of ether oxygens (including phenoxy) is 1. The first-order valence-electron chi connectivity index (χ1n) is 6.60. The second kappa shape index (κ2) is 6.96. The lowest BCUT2D eigenvalue weighted by Crippen LogP contribution is -2.36. The molecular formula is C15H15Cl2NO3. The standard InChI is InChI=1S/C15H15Cl2NO3/c1-9(15(20)18-10-5-6-10)21-14(19)8-7-11-12(16)3-2-4-13(11)17/h2-4,7-10H,5-6H2,1H3,(H,18,20)/b8-7+/t9-/m0/s1. The Morgan fingerprint density at radius 2 is 1.95 bits per heavy atom. The number of carbonyl (C=O) groups is 2. The summed E-state index contributed by atoms with van der Waals surface area (Å²) in [6.07, 6.45) is 3.81. The van der Waals surface area contributed by atoms with E-state index in [-0.39, 0.29) is 11.9 Å². The van der Waals surface area contributed by atoms with Crippen LogP contribution in [0.25, 0.3) is 6.08 Å². The number of hydrogen-bond acceptors (Lipinski definition) is 3. The molecule has 0 aromatic heterocycles. The van der Waals surface area contributed by atoms with Gasteiger partial charge in [-0.15, -0.1) is 0 Å². The lowest BCUT2D eigenvalue weighted by atomic mass is 10.2. The fraction of sp³-hybridized carbons (Fsp3) is 0.333. The van der Waals surface area contributed by atoms with Gasteiger partial charge in [0.2, 0.25) is 0 Å². The van der Waals surface area contributed by atoms with Crippen LogP contribution in [-0.4, -0.2) is 24.0 Å².